The molecule has 3 aromatic carbocycles. The topological polar surface area (TPSA) is 74.6 Å². The van der Waals surface area contributed by atoms with Gasteiger partial charge < -0.3 is 19.9 Å². The fraction of sp³-hybridized carbons (Fsp3) is 0.333. The highest BCUT2D eigenvalue weighted by Gasteiger charge is 2.21. The van der Waals surface area contributed by atoms with Crippen molar-refractivity contribution in [1.82, 2.24) is 4.57 Å². The molecule has 0 saturated heterocycles. The molecule has 0 unspecified atom stereocenters. The summed E-state index contributed by atoms with van der Waals surface area (Å²) in [7, 11) is 3.99. The van der Waals surface area contributed by atoms with Crippen molar-refractivity contribution in [3.63, 3.8) is 0 Å². The third-order valence-corrected chi connectivity index (χ3v) is 6.87. The molecule has 4 aromatic rings. The summed E-state index contributed by atoms with van der Waals surface area (Å²) in [6.45, 7) is 3.02. The molecule has 2 N–H and O–H groups in total. The maximum atomic E-state index is 13.5. The second kappa shape index (κ2) is 11.3. The van der Waals surface area contributed by atoms with Gasteiger partial charge in [0.25, 0.3) is 0 Å². The third-order valence-electron chi connectivity index (χ3n) is 6.87. The highest BCUT2D eigenvalue weighted by molar-refractivity contribution is 6.10. The van der Waals surface area contributed by atoms with Gasteiger partial charge in [-0.1, -0.05) is 43.2 Å². The number of nitrogens with one attached hydrogen (secondary N) is 1. The van der Waals surface area contributed by atoms with Gasteiger partial charge in [-0.2, -0.15) is 0 Å². The Morgan fingerprint density at radius 2 is 1.64 bits per heavy atom. The van der Waals surface area contributed by atoms with Gasteiger partial charge in [0, 0.05) is 60.2 Å². The Kier molecular flexibility index (Phi) is 7.93. The Bertz CT molecular complexity index is 1360. The van der Waals surface area contributed by atoms with Crippen LogP contribution in [0.5, 0.6) is 0 Å². The van der Waals surface area contributed by atoms with E-state index >= 15 is 0 Å². The number of carboxylic acid groups (broad SMARTS) is 1. The number of unbranched alkanes of at least 4 members (excludes halogenated alkanes) is 2. The van der Waals surface area contributed by atoms with E-state index in [1.54, 1.807) is 0 Å². The minimum atomic E-state index is -0.775. The first-order valence-electron chi connectivity index (χ1n) is 12.7. The van der Waals surface area contributed by atoms with Gasteiger partial charge in [-0.25, -0.2) is 0 Å². The fourth-order valence-corrected chi connectivity index (χ4v) is 4.96. The number of para-hydroxylation sites is 1. The molecule has 1 aromatic heterocycles. The number of aliphatic carboxylic acids is 1. The zero-order valence-electron chi connectivity index (χ0n) is 21.3. The molecule has 0 aliphatic heterocycles. The van der Waals surface area contributed by atoms with E-state index in [1.807, 2.05) is 55.4 Å². The number of aromatic nitrogens is 1. The van der Waals surface area contributed by atoms with E-state index < -0.39 is 5.97 Å². The number of aryl methyl sites for hydroxylation is 1. The summed E-state index contributed by atoms with van der Waals surface area (Å²) in [5.74, 6) is -1.12. The van der Waals surface area contributed by atoms with Crippen molar-refractivity contribution in [3.05, 3.63) is 72.3 Å². The average molecular weight is 486 g/mol. The first-order valence-corrected chi connectivity index (χ1v) is 12.7. The number of carbonyl (C=O) groups is 2. The van der Waals surface area contributed by atoms with Crippen LogP contribution in [-0.2, 0) is 16.1 Å². The van der Waals surface area contributed by atoms with Crippen LogP contribution in [0.4, 0.5) is 11.4 Å². The highest BCUT2D eigenvalue weighted by atomic mass is 16.4. The van der Waals surface area contributed by atoms with Crippen molar-refractivity contribution in [2.45, 2.75) is 51.5 Å². The lowest BCUT2D eigenvalue weighted by Gasteiger charge is -2.19. The molecule has 36 heavy (non-hydrogen) atoms. The second-order valence-electron chi connectivity index (χ2n) is 9.51. The Morgan fingerprint density at radius 1 is 0.917 bits per heavy atom. The molecule has 0 bridgehead atoms. The van der Waals surface area contributed by atoms with E-state index in [2.05, 4.69) is 47.1 Å². The molecular formula is C30H35N3O3. The number of nitrogens with zero attached hydrogens (tertiary/aromatic N) is 2. The fourth-order valence-electron chi connectivity index (χ4n) is 4.96. The number of amides is 1. The normalized spacial score (nSPS) is 12.1. The molecule has 0 spiro atoms. The summed E-state index contributed by atoms with van der Waals surface area (Å²) in [6, 6.07) is 22.6. The molecule has 0 aliphatic carbocycles. The van der Waals surface area contributed by atoms with Crippen molar-refractivity contribution in [2.75, 3.05) is 24.3 Å². The van der Waals surface area contributed by atoms with E-state index in [-0.39, 0.29) is 18.2 Å². The Balaban J connectivity index is 1.58. The minimum Gasteiger partial charge on any atom is -0.481 e. The Labute approximate surface area is 212 Å². The lowest BCUT2D eigenvalue weighted by atomic mass is 9.91. The van der Waals surface area contributed by atoms with Crippen molar-refractivity contribution in [3.8, 4) is 0 Å². The van der Waals surface area contributed by atoms with Crippen LogP contribution in [0.1, 0.15) is 50.5 Å². The van der Waals surface area contributed by atoms with Crippen LogP contribution in [0, 0.1) is 0 Å². The van der Waals surface area contributed by atoms with Crippen LogP contribution in [0.15, 0.2) is 66.7 Å². The van der Waals surface area contributed by atoms with Crippen LogP contribution < -0.4 is 10.2 Å². The number of carboxylic acids is 1. The zero-order valence-corrected chi connectivity index (χ0v) is 21.3. The molecule has 0 fully saturated rings. The SMILES string of the molecule is CCn1c2ccccc2c2cc(NC(=O)[C@@H](CCCCCC(=O)O)c3ccc(N(C)C)cc3)ccc21. The van der Waals surface area contributed by atoms with Gasteiger partial charge in [0.2, 0.25) is 5.91 Å². The molecule has 0 aliphatic rings. The number of benzene rings is 3. The number of hydrogen-bond acceptors (Lipinski definition) is 3. The molecule has 6 nitrogen and oxygen atoms in total. The van der Waals surface area contributed by atoms with Crippen LogP contribution in [0.3, 0.4) is 0 Å². The molecular weight excluding hydrogens is 450 g/mol. The highest BCUT2D eigenvalue weighted by Crippen LogP contribution is 2.32. The van der Waals surface area contributed by atoms with Crippen LogP contribution in [-0.4, -0.2) is 35.6 Å². The average Bonchev–Trinajstić information content (AvgIpc) is 3.19. The van der Waals surface area contributed by atoms with Crippen molar-refractivity contribution in [1.29, 1.82) is 0 Å². The standard InChI is InChI=1S/C30H35N3O3/c1-4-33-27-12-9-8-11-25(27)26-20-22(16-19-28(26)33)31-30(36)24(10-6-5-7-13-29(34)35)21-14-17-23(18-15-21)32(2)3/h8-9,11-12,14-20,24H,4-7,10,13H2,1-3H3,(H,31,36)(H,34,35)/t24-/m0/s1. The quantitative estimate of drug-likeness (QED) is 0.234. The molecule has 6 heteroatoms. The number of carbonyl (C=O) groups excluding carboxylic acids is 1. The monoisotopic (exact) mass is 485 g/mol. The summed E-state index contributed by atoms with van der Waals surface area (Å²) >= 11 is 0. The van der Waals surface area contributed by atoms with Crippen LogP contribution in [0.25, 0.3) is 21.8 Å². The number of anilines is 2. The first kappa shape index (κ1) is 25.3. The second-order valence-corrected chi connectivity index (χ2v) is 9.51. The summed E-state index contributed by atoms with van der Waals surface area (Å²) in [5.41, 5.74) is 5.19. The maximum absolute atomic E-state index is 13.5. The minimum absolute atomic E-state index is 0.0376. The van der Waals surface area contributed by atoms with E-state index in [4.69, 9.17) is 5.11 Å². The first-order chi connectivity index (χ1) is 17.4. The largest absolute Gasteiger partial charge is 0.481 e. The van der Waals surface area contributed by atoms with E-state index in [0.717, 1.165) is 47.2 Å². The number of fused-ring (bicyclic) bond motifs is 3. The summed E-state index contributed by atoms with van der Waals surface area (Å²) in [6.07, 6.45) is 3.05. The molecule has 4 rings (SSSR count). The van der Waals surface area contributed by atoms with Gasteiger partial charge >= 0.3 is 5.97 Å². The smallest absolute Gasteiger partial charge is 0.303 e. The molecule has 0 radical (unpaired) electrons. The van der Waals surface area contributed by atoms with Crippen LogP contribution >= 0.6 is 0 Å². The number of rotatable bonds is 11. The van der Waals surface area contributed by atoms with Gasteiger partial charge in [-0.05, 0) is 61.7 Å². The number of hydrogen-bond donors (Lipinski definition) is 2. The van der Waals surface area contributed by atoms with Gasteiger partial charge in [0.1, 0.15) is 0 Å². The Morgan fingerprint density at radius 3 is 2.33 bits per heavy atom. The predicted molar refractivity (Wildman–Crippen MR) is 148 cm³/mol. The Hall–Kier alpha value is -3.80. The van der Waals surface area contributed by atoms with Crippen molar-refractivity contribution >= 4 is 45.1 Å². The van der Waals surface area contributed by atoms with Gasteiger partial charge in [-0.3, -0.25) is 9.59 Å². The molecule has 0 saturated carbocycles. The summed E-state index contributed by atoms with van der Waals surface area (Å²) in [5, 5.41) is 14.4. The molecule has 1 atom stereocenters. The third kappa shape index (κ3) is 5.54. The zero-order chi connectivity index (χ0) is 25.7. The van der Waals surface area contributed by atoms with Crippen molar-refractivity contribution in [2.24, 2.45) is 0 Å². The lowest BCUT2D eigenvalue weighted by molar-refractivity contribution is -0.137. The predicted octanol–water partition coefficient (Wildman–Crippen LogP) is 6.64. The molecule has 188 valence electrons. The van der Waals surface area contributed by atoms with Gasteiger partial charge in [0.15, 0.2) is 0 Å². The van der Waals surface area contributed by atoms with Gasteiger partial charge in [-0.15, -0.1) is 0 Å². The van der Waals surface area contributed by atoms with E-state index in [9.17, 15) is 9.59 Å². The van der Waals surface area contributed by atoms with Crippen molar-refractivity contribution < 1.29 is 14.7 Å². The molecule has 1 heterocycles. The van der Waals surface area contributed by atoms with Crippen LogP contribution in [0.2, 0.25) is 0 Å². The van der Waals surface area contributed by atoms with E-state index in [1.165, 1.54) is 10.9 Å². The maximum Gasteiger partial charge on any atom is 0.303 e. The summed E-state index contributed by atoms with van der Waals surface area (Å²) in [4.78, 5) is 26.4. The summed E-state index contributed by atoms with van der Waals surface area (Å²) < 4.78 is 2.29. The van der Waals surface area contributed by atoms with E-state index in [0.29, 0.717) is 12.8 Å². The van der Waals surface area contributed by atoms with Gasteiger partial charge in [0.05, 0.1) is 5.92 Å². The lowest BCUT2D eigenvalue weighted by Crippen LogP contribution is -2.21. The molecule has 1 amide bonds.